The molecule has 2 aromatic carbocycles. The summed E-state index contributed by atoms with van der Waals surface area (Å²) in [7, 11) is 0. The summed E-state index contributed by atoms with van der Waals surface area (Å²) < 4.78 is 5.16. The summed E-state index contributed by atoms with van der Waals surface area (Å²) in [4.78, 5) is 36.0. The van der Waals surface area contributed by atoms with Crippen LogP contribution in [-0.4, -0.2) is 30.6 Å². The van der Waals surface area contributed by atoms with Gasteiger partial charge in [0.05, 0.1) is 12.2 Å². The molecule has 7 nitrogen and oxygen atoms in total. The van der Waals surface area contributed by atoms with E-state index in [0.29, 0.717) is 29.1 Å². The van der Waals surface area contributed by atoms with Crippen molar-refractivity contribution in [3.63, 3.8) is 0 Å². The third-order valence-electron chi connectivity index (χ3n) is 3.93. The molecule has 7 heteroatoms. The molecule has 0 spiro atoms. The Morgan fingerprint density at radius 3 is 1.97 bits per heavy atom. The maximum Gasteiger partial charge on any atom is 0.338 e. The molecule has 3 amide bonds. The van der Waals surface area contributed by atoms with Gasteiger partial charge in [-0.3, -0.25) is 4.79 Å². The third-order valence-corrected chi connectivity index (χ3v) is 3.93. The van der Waals surface area contributed by atoms with Gasteiger partial charge in [-0.2, -0.15) is 0 Å². The second-order valence-corrected chi connectivity index (χ2v) is 6.85. The third kappa shape index (κ3) is 7.29. The van der Waals surface area contributed by atoms with Crippen molar-refractivity contribution < 1.29 is 19.1 Å². The van der Waals surface area contributed by atoms with E-state index in [9.17, 15) is 14.4 Å². The van der Waals surface area contributed by atoms with Gasteiger partial charge in [0.25, 0.3) is 5.91 Å². The van der Waals surface area contributed by atoms with Crippen LogP contribution in [0.3, 0.4) is 0 Å². The largest absolute Gasteiger partial charge is 0.462 e. The predicted molar refractivity (Wildman–Crippen MR) is 113 cm³/mol. The van der Waals surface area contributed by atoms with E-state index in [1.54, 1.807) is 48.5 Å². The maximum absolute atomic E-state index is 12.4. The van der Waals surface area contributed by atoms with E-state index in [4.69, 9.17) is 4.74 Å². The SMILES string of the molecule is CCCCOC(=O)c1ccc(NC(=O)c2ccc(NC(=O)NC(C)C)cc2)cc1. The van der Waals surface area contributed by atoms with Gasteiger partial charge < -0.3 is 20.7 Å². The van der Waals surface area contributed by atoms with Crippen LogP contribution in [0.2, 0.25) is 0 Å². The van der Waals surface area contributed by atoms with Gasteiger partial charge in [-0.15, -0.1) is 0 Å². The molecule has 0 saturated heterocycles. The van der Waals surface area contributed by atoms with Gasteiger partial charge in [0.1, 0.15) is 0 Å². The van der Waals surface area contributed by atoms with Gasteiger partial charge in [0.2, 0.25) is 0 Å². The second-order valence-electron chi connectivity index (χ2n) is 6.85. The van der Waals surface area contributed by atoms with E-state index in [0.717, 1.165) is 12.8 Å². The molecule has 0 heterocycles. The van der Waals surface area contributed by atoms with Gasteiger partial charge in [0, 0.05) is 23.0 Å². The molecule has 0 unspecified atom stereocenters. The minimum absolute atomic E-state index is 0.0321. The molecule has 0 bridgehead atoms. The second kappa shape index (κ2) is 10.8. The van der Waals surface area contributed by atoms with Crippen LogP contribution in [0.15, 0.2) is 48.5 Å². The van der Waals surface area contributed by atoms with Crippen molar-refractivity contribution >= 4 is 29.3 Å². The number of rotatable bonds is 8. The molecule has 0 atom stereocenters. The first-order valence-electron chi connectivity index (χ1n) is 9.65. The predicted octanol–water partition coefficient (Wildman–Crippen LogP) is 4.43. The first kappa shape index (κ1) is 21.9. The summed E-state index contributed by atoms with van der Waals surface area (Å²) in [5, 5.41) is 8.20. The standard InChI is InChI=1S/C22H27N3O4/c1-4-5-14-29-21(27)17-8-12-18(13-9-17)24-20(26)16-6-10-19(11-7-16)25-22(28)23-15(2)3/h6-13,15H,4-5,14H2,1-3H3,(H,24,26)(H2,23,25,28). The lowest BCUT2D eigenvalue weighted by Gasteiger charge is -2.11. The normalized spacial score (nSPS) is 10.3. The van der Waals surface area contributed by atoms with Gasteiger partial charge in [-0.05, 0) is 68.8 Å². The minimum atomic E-state index is -0.374. The van der Waals surface area contributed by atoms with Gasteiger partial charge in [0.15, 0.2) is 0 Å². The van der Waals surface area contributed by atoms with E-state index in [1.807, 2.05) is 20.8 Å². The molecule has 0 radical (unpaired) electrons. The van der Waals surface area contributed by atoms with E-state index >= 15 is 0 Å². The molecule has 0 saturated carbocycles. The highest BCUT2D eigenvalue weighted by molar-refractivity contribution is 6.04. The van der Waals surface area contributed by atoms with Crippen molar-refractivity contribution in [2.45, 2.75) is 39.7 Å². The Bertz CT molecular complexity index is 830. The fourth-order valence-corrected chi connectivity index (χ4v) is 2.42. The number of urea groups is 1. The summed E-state index contributed by atoms with van der Waals surface area (Å²) in [5.74, 6) is -0.664. The Balaban J connectivity index is 1.91. The van der Waals surface area contributed by atoms with Crippen LogP contribution in [0.25, 0.3) is 0 Å². The number of benzene rings is 2. The average Bonchev–Trinajstić information content (AvgIpc) is 2.68. The van der Waals surface area contributed by atoms with Crippen LogP contribution < -0.4 is 16.0 Å². The molecule has 3 N–H and O–H groups in total. The zero-order valence-electron chi connectivity index (χ0n) is 17.0. The first-order valence-corrected chi connectivity index (χ1v) is 9.65. The highest BCUT2D eigenvalue weighted by atomic mass is 16.5. The molecular weight excluding hydrogens is 370 g/mol. The summed E-state index contributed by atoms with van der Waals surface area (Å²) in [6.07, 6.45) is 1.79. The summed E-state index contributed by atoms with van der Waals surface area (Å²) in [5.41, 5.74) is 2.04. The number of nitrogens with one attached hydrogen (secondary N) is 3. The van der Waals surface area contributed by atoms with Gasteiger partial charge in [-0.25, -0.2) is 9.59 Å². The quantitative estimate of drug-likeness (QED) is 0.454. The topological polar surface area (TPSA) is 96.5 Å². The van der Waals surface area contributed by atoms with Crippen molar-refractivity contribution in [3.8, 4) is 0 Å². The Labute approximate surface area is 170 Å². The molecule has 0 aromatic heterocycles. The van der Waals surface area contributed by atoms with Gasteiger partial charge in [-0.1, -0.05) is 13.3 Å². The van der Waals surface area contributed by atoms with Crippen LogP contribution in [0.1, 0.15) is 54.3 Å². The number of carbonyl (C=O) groups excluding carboxylic acids is 3. The van der Waals surface area contributed by atoms with Crippen LogP contribution in [-0.2, 0) is 4.74 Å². The number of anilines is 2. The summed E-state index contributed by atoms with van der Waals surface area (Å²) in [6.45, 7) is 6.17. The van der Waals surface area contributed by atoms with Crippen molar-refractivity contribution in [3.05, 3.63) is 59.7 Å². The molecule has 0 fully saturated rings. The first-order chi connectivity index (χ1) is 13.9. The lowest BCUT2D eigenvalue weighted by molar-refractivity contribution is 0.0499. The number of carbonyl (C=O) groups is 3. The number of ether oxygens (including phenoxy) is 1. The average molecular weight is 397 g/mol. The fourth-order valence-electron chi connectivity index (χ4n) is 2.42. The Hall–Kier alpha value is -3.35. The smallest absolute Gasteiger partial charge is 0.338 e. The molecule has 0 aliphatic carbocycles. The van der Waals surface area contributed by atoms with E-state index < -0.39 is 0 Å². The lowest BCUT2D eigenvalue weighted by atomic mass is 10.1. The molecule has 29 heavy (non-hydrogen) atoms. The number of amides is 3. The van der Waals surface area contributed by atoms with Crippen molar-refractivity contribution in [1.29, 1.82) is 0 Å². The van der Waals surface area contributed by atoms with Crippen LogP contribution >= 0.6 is 0 Å². The Morgan fingerprint density at radius 1 is 0.862 bits per heavy atom. The van der Waals surface area contributed by atoms with Crippen LogP contribution in [0.5, 0.6) is 0 Å². The monoisotopic (exact) mass is 397 g/mol. The van der Waals surface area contributed by atoms with Crippen molar-refractivity contribution in [2.75, 3.05) is 17.2 Å². The molecular formula is C22H27N3O4. The molecule has 0 aliphatic rings. The van der Waals surface area contributed by atoms with Crippen LogP contribution in [0.4, 0.5) is 16.2 Å². The zero-order valence-corrected chi connectivity index (χ0v) is 17.0. The number of esters is 1. The molecule has 154 valence electrons. The highest BCUT2D eigenvalue weighted by Gasteiger charge is 2.10. The zero-order chi connectivity index (χ0) is 21.2. The number of hydrogen-bond donors (Lipinski definition) is 3. The number of hydrogen-bond acceptors (Lipinski definition) is 4. The van der Waals surface area contributed by atoms with Crippen LogP contribution in [0, 0.1) is 0 Å². The van der Waals surface area contributed by atoms with E-state index in [-0.39, 0.29) is 23.9 Å². The summed E-state index contributed by atoms with van der Waals surface area (Å²) >= 11 is 0. The Kier molecular flexibility index (Phi) is 8.21. The molecule has 2 rings (SSSR count). The number of unbranched alkanes of at least 4 members (excludes halogenated alkanes) is 1. The highest BCUT2D eigenvalue weighted by Crippen LogP contribution is 2.14. The lowest BCUT2D eigenvalue weighted by Crippen LogP contribution is -2.34. The van der Waals surface area contributed by atoms with Crippen molar-refractivity contribution in [2.24, 2.45) is 0 Å². The minimum Gasteiger partial charge on any atom is -0.462 e. The maximum atomic E-state index is 12.4. The van der Waals surface area contributed by atoms with Gasteiger partial charge >= 0.3 is 12.0 Å². The Morgan fingerprint density at radius 2 is 1.41 bits per heavy atom. The van der Waals surface area contributed by atoms with E-state index in [2.05, 4.69) is 16.0 Å². The molecule has 2 aromatic rings. The van der Waals surface area contributed by atoms with Crippen molar-refractivity contribution in [1.82, 2.24) is 5.32 Å². The van der Waals surface area contributed by atoms with E-state index in [1.165, 1.54) is 0 Å². The molecule has 0 aliphatic heterocycles. The fraction of sp³-hybridized carbons (Fsp3) is 0.318. The summed E-state index contributed by atoms with van der Waals surface area (Å²) in [6, 6.07) is 12.8.